The second-order valence-corrected chi connectivity index (χ2v) is 10.5. The van der Waals surface area contributed by atoms with Crippen LogP contribution in [0, 0.1) is 0 Å². The second-order valence-electron chi connectivity index (χ2n) is 10.5. The number of carbonyl (C=O) groups excluding carboxylic acids is 3. The molecule has 4 heterocycles. The van der Waals surface area contributed by atoms with E-state index in [0.717, 1.165) is 13.8 Å². The standard InChI is InChI=1S/C24H35FO13/c1-10(26)29-8-13-16(31-11(2)27)18(32-12(3)28)15(25)21(33-13)30-9-14-17-19(36-23(4,5)35-17)20-22(34-14)38-24(6,7)37-20/h13-22H,8-9H2,1-7H3/t13-,14-,15+,16-,17+,18-,19+,20-,21-,22-/m1/s1. The first kappa shape index (κ1) is 29.1. The molecule has 0 aliphatic carbocycles. The maximum atomic E-state index is 15.6. The molecule has 0 saturated carbocycles. The minimum absolute atomic E-state index is 0.232. The molecule has 10 atom stereocenters. The Kier molecular flexibility index (Phi) is 8.34. The molecular weight excluding hydrogens is 515 g/mol. The van der Waals surface area contributed by atoms with E-state index in [0.29, 0.717) is 0 Å². The second kappa shape index (κ2) is 10.9. The molecule has 38 heavy (non-hydrogen) atoms. The van der Waals surface area contributed by atoms with E-state index < -0.39 is 97.6 Å². The minimum atomic E-state index is -2.06. The van der Waals surface area contributed by atoms with Crippen LogP contribution in [0.25, 0.3) is 0 Å². The number of rotatable bonds is 7. The summed E-state index contributed by atoms with van der Waals surface area (Å²) in [7, 11) is 0. The van der Waals surface area contributed by atoms with Crippen LogP contribution in [0.4, 0.5) is 4.39 Å². The van der Waals surface area contributed by atoms with E-state index in [4.69, 9.17) is 47.4 Å². The number of halogens is 1. The number of alkyl halides is 1. The summed E-state index contributed by atoms with van der Waals surface area (Å²) >= 11 is 0. The van der Waals surface area contributed by atoms with Crippen molar-refractivity contribution in [3.63, 3.8) is 0 Å². The zero-order valence-corrected chi connectivity index (χ0v) is 22.4. The first-order valence-corrected chi connectivity index (χ1v) is 12.4. The van der Waals surface area contributed by atoms with E-state index in [1.807, 2.05) is 0 Å². The zero-order valence-electron chi connectivity index (χ0n) is 22.4. The lowest BCUT2D eigenvalue weighted by atomic mass is 9.98. The van der Waals surface area contributed by atoms with Crippen molar-refractivity contribution in [1.29, 1.82) is 0 Å². The van der Waals surface area contributed by atoms with Gasteiger partial charge in [0.1, 0.15) is 37.1 Å². The van der Waals surface area contributed by atoms with E-state index in [9.17, 15) is 14.4 Å². The van der Waals surface area contributed by atoms with Crippen molar-refractivity contribution in [3.8, 4) is 0 Å². The van der Waals surface area contributed by atoms with Crippen LogP contribution in [-0.4, -0.2) is 104 Å². The fraction of sp³-hybridized carbons (Fsp3) is 0.875. The Morgan fingerprint density at radius 2 is 1.29 bits per heavy atom. The van der Waals surface area contributed by atoms with Crippen molar-refractivity contribution in [2.45, 2.75) is 122 Å². The number of esters is 3. The van der Waals surface area contributed by atoms with Crippen LogP contribution >= 0.6 is 0 Å². The molecule has 0 aromatic rings. The van der Waals surface area contributed by atoms with Gasteiger partial charge in [0.25, 0.3) is 0 Å². The fourth-order valence-corrected chi connectivity index (χ4v) is 5.01. The Morgan fingerprint density at radius 1 is 0.711 bits per heavy atom. The van der Waals surface area contributed by atoms with E-state index in [-0.39, 0.29) is 6.61 Å². The Morgan fingerprint density at radius 3 is 1.92 bits per heavy atom. The van der Waals surface area contributed by atoms with E-state index >= 15 is 4.39 Å². The summed E-state index contributed by atoms with van der Waals surface area (Å²) in [6.45, 7) is 9.72. The maximum absolute atomic E-state index is 15.6. The van der Waals surface area contributed by atoms with Crippen molar-refractivity contribution in [2.24, 2.45) is 0 Å². The molecular formula is C24H35FO13. The number of carbonyl (C=O) groups is 3. The molecule has 4 aliphatic heterocycles. The monoisotopic (exact) mass is 550 g/mol. The van der Waals surface area contributed by atoms with Gasteiger partial charge in [-0.25, -0.2) is 4.39 Å². The highest BCUT2D eigenvalue weighted by Crippen LogP contribution is 2.44. The summed E-state index contributed by atoms with van der Waals surface area (Å²) in [5.41, 5.74) is 0. The average molecular weight is 551 g/mol. The van der Waals surface area contributed by atoms with Crippen LogP contribution in [0.1, 0.15) is 48.5 Å². The van der Waals surface area contributed by atoms with Gasteiger partial charge < -0.3 is 47.4 Å². The van der Waals surface area contributed by atoms with E-state index in [2.05, 4.69) is 0 Å². The van der Waals surface area contributed by atoms with Crippen LogP contribution in [0.5, 0.6) is 0 Å². The summed E-state index contributed by atoms with van der Waals surface area (Å²) < 4.78 is 72.5. The zero-order chi connectivity index (χ0) is 28.0. The summed E-state index contributed by atoms with van der Waals surface area (Å²) in [6.07, 6.45) is -11.1. The minimum Gasteiger partial charge on any atom is -0.463 e. The molecule has 0 aromatic carbocycles. The summed E-state index contributed by atoms with van der Waals surface area (Å²) in [5, 5.41) is 0. The molecule has 0 aromatic heterocycles. The highest BCUT2D eigenvalue weighted by molar-refractivity contribution is 5.67. The van der Waals surface area contributed by atoms with Crippen LogP contribution in [0.15, 0.2) is 0 Å². The van der Waals surface area contributed by atoms with Gasteiger partial charge in [0.15, 0.2) is 42.5 Å². The number of fused-ring (bicyclic) bond motifs is 3. The third-order valence-electron chi connectivity index (χ3n) is 6.30. The quantitative estimate of drug-likeness (QED) is 0.327. The van der Waals surface area contributed by atoms with Gasteiger partial charge in [-0.15, -0.1) is 0 Å². The van der Waals surface area contributed by atoms with Gasteiger partial charge in [-0.2, -0.15) is 0 Å². The lowest BCUT2D eigenvalue weighted by Crippen LogP contribution is -2.61. The third-order valence-corrected chi connectivity index (χ3v) is 6.30. The number of hydrogen-bond acceptors (Lipinski definition) is 13. The molecule has 216 valence electrons. The van der Waals surface area contributed by atoms with Crippen LogP contribution in [0.3, 0.4) is 0 Å². The molecule has 0 radical (unpaired) electrons. The summed E-state index contributed by atoms with van der Waals surface area (Å²) in [6, 6.07) is 0. The molecule has 4 fully saturated rings. The Balaban J connectivity index is 1.51. The van der Waals surface area contributed by atoms with Crippen molar-refractivity contribution < 1.29 is 66.1 Å². The SMILES string of the molecule is CC(=O)OC[C@H]1O[C@@H](OC[C@H]2O[C@@H]3OC(C)(C)O[C@@H]3[C@H]3OC(C)(C)O[C@H]32)[C@@H](F)[C@@H](OC(C)=O)[C@@H]1OC(C)=O. The van der Waals surface area contributed by atoms with Crippen molar-refractivity contribution in [1.82, 2.24) is 0 Å². The van der Waals surface area contributed by atoms with Crippen LogP contribution in [-0.2, 0) is 61.8 Å². The molecule has 13 nitrogen and oxygen atoms in total. The lowest BCUT2D eigenvalue weighted by Gasteiger charge is -2.43. The molecule has 4 aliphatic rings. The highest BCUT2D eigenvalue weighted by Gasteiger charge is 2.61. The molecule has 4 saturated heterocycles. The van der Waals surface area contributed by atoms with Gasteiger partial charge in [-0.1, -0.05) is 0 Å². The Labute approximate surface area is 219 Å². The van der Waals surface area contributed by atoms with Gasteiger partial charge in [-0.05, 0) is 27.7 Å². The molecule has 0 bridgehead atoms. The largest absolute Gasteiger partial charge is 0.463 e. The van der Waals surface area contributed by atoms with Gasteiger partial charge in [0, 0.05) is 20.8 Å². The fourth-order valence-electron chi connectivity index (χ4n) is 5.01. The van der Waals surface area contributed by atoms with Gasteiger partial charge in [-0.3, -0.25) is 14.4 Å². The Hall–Kier alpha value is -1.94. The first-order chi connectivity index (χ1) is 17.7. The predicted molar refractivity (Wildman–Crippen MR) is 120 cm³/mol. The maximum Gasteiger partial charge on any atom is 0.303 e. The predicted octanol–water partition coefficient (Wildman–Crippen LogP) is 0.889. The van der Waals surface area contributed by atoms with E-state index in [1.165, 1.54) is 6.92 Å². The van der Waals surface area contributed by atoms with Gasteiger partial charge in [0.2, 0.25) is 0 Å². The average Bonchev–Trinajstić information content (AvgIpc) is 3.27. The van der Waals surface area contributed by atoms with Crippen molar-refractivity contribution in [3.05, 3.63) is 0 Å². The molecule has 0 unspecified atom stereocenters. The van der Waals surface area contributed by atoms with E-state index in [1.54, 1.807) is 27.7 Å². The highest BCUT2D eigenvalue weighted by atomic mass is 19.1. The van der Waals surface area contributed by atoms with Crippen molar-refractivity contribution >= 4 is 17.9 Å². The molecule has 0 N–H and O–H groups in total. The van der Waals surface area contributed by atoms with Gasteiger partial charge in [0.05, 0.1) is 6.61 Å². The molecule has 14 heteroatoms. The number of ether oxygens (including phenoxy) is 10. The van der Waals surface area contributed by atoms with Crippen LogP contribution < -0.4 is 0 Å². The summed E-state index contributed by atoms with van der Waals surface area (Å²) in [5.74, 6) is -4.09. The smallest absolute Gasteiger partial charge is 0.303 e. The first-order valence-electron chi connectivity index (χ1n) is 12.4. The topological polar surface area (TPSA) is 144 Å². The molecule has 0 spiro atoms. The summed E-state index contributed by atoms with van der Waals surface area (Å²) in [4.78, 5) is 34.9. The van der Waals surface area contributed by atoms with Crippen LogP contribution in [0.2, 0.25) is 0 Å². The van der Waals surface area contributed by atoms with Crippen molar-refractivity contribution in [2.75, 3.05) is 13.2 Å². The lowest BCUT2D eigenvalue weighted by molar-refractivity contribution is -0.307. The Bertz CT molecular complexity index is 910. The number of hydrogen-bond donors (Lipinski definition) is 0. The molecule has 0 amide bonds. The molecule has 4 rings (SSSR count). The van der Waals surface area contributed by atoms with Gasteiger partial charge >= 0.3 is 17.9 Å². The normalized spacial score (nSPS) is 41.1. The third kappa shape index (κ3) is 6.43.